The number of amides is 18. The maximum absolute atomic E-state index is 15.3. The minimum atomic E-state index is -1.82. The second kappa shape index (κ2) is 57.5. The van der Waals surface area contributed by atoms with Crippen molar-refractivity contribution in [2.45, 2.75) is 269 Å². The molecule has 4 heterocycles. The van der Waals surface area contributed by atoms with Crippen molar-refractivity contribution in [1.82, 2.24) is 109 Å². The van der Waals surface area contributed by atoms with Crippen LogP contribution in [0.3, 0.4) is 0 Å². The number of rotatable bonds is 57. The van der Waals surface area contributed by atoms with Gasteiger partial charge < -0.3 is 142 Å². The third-order valence-electron chi connectivity index (χ3n) is 25.6. The van der Waals surface area contributed by atoms with E-state index in [9.17, 15) is 97.8 Å². The summed E-state index contributed by atoms with van der Waals surface area (Å²) in [6, 6.07) is -0.826. The predicted octanol–water partition coefficient (Wildman–Crippen LogP) is -2.63. The summed E-state index contributed by atoms with van der Waals surface area (Å²) in [4.78, 5) is 286. The molecule has 18 amide bonds. The Kier molecular flexibility index (Phi) is 45.7. The number of carbonyl (C=O) groups excluding carboxylic acids is 18. The van der Waals surface area contributed by atoms with Gasteiger partial charge in [0.25, 0.3) is 0 Å². The minimum Gasteiger partial charge on any atom is -0.508 e. The number of nitrogens with two attached hydrogens (primary N) is 2. The summed E-state index contributed by atoms with van der Waals surface area (Å²) >= 11 is 0. The number of carbonyl (C=O) groups is 19. The van der Waals surface area contributed by atoms with Gasteiger partial charge in [0.2, 0.25) is 106 Å². The van der Waals surface area contributed by atoms with E-state index in [-0.39, 0.29) is 131 Å². The molecule has 149 heavy (non-hydrogen) atoms. The highest BCUT2D eigenvalue weighted by atomic mass is 16.4. The maximum atomic E-state index is 15.3. The van der Waals surface area contributed by atoms with E-state index in [1.54, 1.807) is 81.4 Å². The number of aliphatic hydroxyl groups is 1. The summed E-state index contributed by atoms with van der Waals surface area (Å²) in [6.45, 7) is 15.8. The predicted molar refractivity (Wildman–Crippen MR) is 537 cm³/mol. The first-order valence-electron chi connectivity index (χ1n) is 49.7. The number of H-pyrrole nitrogens is 2. The molecule has 4 aromatic carbocycles. The van der Waals surface area contributed by atoms with Crippen molar-refractivity contribution in [3.8, 4) is 23.0 Å². The van der Waals surface area contributed by atoms with Crippen LogP contribution in [0.1, 0.15) is 168 Å². The first kappa shape index (κ1) is 119. The largest absolute Gasteiger partial charge is 0.508 e. The first-order valence-corrected chi connectivity index (χ1v) is 49.7. The lowest BCUT2D eigenvalue weighted by molar-refractivity contribution is -0.143. The lowest BCUT2D eigenvalue weighted by Crippen LogP contribution is -2.62. The van der Waals surface area contributed by atoms with Crippen molar-refractivity contribution in [2.24, 2.45) is 41.1 Å². The molecular weight excluding hydrogens is 1940 g/mol. The number of imidazole rings is 2. The van der Waals surface area contributed by atoms with E-state index in [0.717, 1.165) is 0 Å². The third kappa shape index (κ3) is 37.1. The molecule has 0 bridgehead atoms. The molecule has 810 valence electrons. The van der Waals surface area contributed by atoms with Crippen LogP contribution < -0.4 is 91.2 Å². The highest BCUT2D eigenvalue weighted by Gasteiger charge is 2.45. The molecule has 2 aromatic heterocycles. The summed E-state index contributed by atoms with van der Waals surface area (Å²) in [5.41, 5.74) is 14.4. The van der Waals surface area contributed by atoms with Crippen LogP contribution in [-0.2, 0) is 130 Å². The van der Waals surface area contributed by atoms with Crippen LogP contribution >= 0.6 is 0 Å². The fourth-order valence-corrected chi connectivity index (χ4v) is 16.9. The number of aromatic nitrogens is 4. The molecule has 2 aliphatic heterocycles. The van der Waals surface area contributed by atoms with Gasteiger partial charge >= 0.3 is 5.97 Å². The number of phenolic OH excluding ortho intramolecular Hbond substituents is 4. The summed E-state index contributed by atoms with van der Waals surface area (Å²) in [7, 11) is 0. The van der Waals surface area contributed by atoms with E-state index >= 15 is 24.0 Å². The molecule has 2 aliphatic rings. The van der Waals surface area contributed by atoms with E-state index in [2.05, 4.69) is 99.7 Å². The number of carboxylic acid groups (broad SMARTS) is 1. The molecule has 0 saturated carbocycles. The topological polar surface area (TPSA) is 742 Å². The van der Waals surface area contributed by atoms with Crippen molar-refractivity contribution < 1.29 is 122 Å². The number of likely N-dealkylation sites (tertiary alicyclic amines) is 2. The Labute approximate surface area is 861 Å². The number of aliphatic hydroxyl groups excluding tert-OH is 1. The molecule has 2 saturated heterocycles. The molecule has 0 spiro atoms. The fourth-order valence-electron chi connectivity index (χ4n) is 16.9. The zero-order chi connectivity index (χ0) is 110. The summed E-state index contributed by atoms with van der Waals surface area (Å²) in [6.07, 6.45) is 4.04. The number of phenols is 4. The molecule has 18 atom stereocenters. The first-order chi connectivity index (χ1) is 70.6. The summed E-state index contributed by atoms with van der Waals surface area (Å²) < 4.78 is 0. The quantitative estimate of drug-likeness (QED) is 0.0186. The number of nitrogens with zero attached hydrogens (tertiary/aromatic N) is 4. The van der Waals surface area contributed by atoms with E-state index < -0.39 is 253 Å². The van der Waals surface area contributed by atoms with E-state index in [4.69, 9.17) is 11.5 Å². The molecule has 27 N–H and O–H groups in total. The lowest BCUT2D eigenvalue weighted by Gasteiger charge is -2.32. The van der Waals surface area contributed by atoms with Crippen LogP contribution in [0, 0.1) is 29.6 Å². The second-order valence-electron chi connectivity index (χ2n) is 38.8. The maximum Gasteiger partial charge on any atom is 0.326 e. The highest BCUT2D eigenvalue weighted by molar-refractivity contribution is 6.02. The van der Waals surface area contributed by atoms with Crippen LogP contribution in [0.25, 0.3) is 0 Å². The molecule has 2 fully saturated rings. The average molecular weight is 2080 g/mol. The number of aromatic amines is 2. The van der Waals surface area contributed by atoms with Crippen LogP contribution in [0.4, 0.5) is 0 Å². The average Bonchev–Trinajstić information content (AvgIpc) is 1.71. The second-order valence-corrected chi connectivity index (χ2v) is 38.8. The number of aliphatic carboxylic acids is 1. The molecule has 0 aliphatic carbocycles. The molecule has 48 heteroatoms. The number of primary amides is 1. The number of benzene rings is 4. The van der Waals surface area contributed by atoms with Gasteiger partial charge in [0.1, 0.15) is 114 Å². The van der Waals surface area contributed by atoms with Gasteiger partial charge in [-0.25, -0.2) is 14.8 Å². The van der Waals surface area contributed by atoms with E-state index in [1.807, 2.05) is 0 Å². The number of hydrogen-bond donors (Lipinski definition) is 25. The zero-order valence-corrected chi connectivity index (χ0v) is 85.2. The number of carboxylic acids is 1. The Bertz CT molecular complexity index is 5580. The van der Waals surface area contributed by atoms with Gasteiger partial charge in [-0.1, -0.05) is 131 Å². The van der Waals surface area contributed by atoms with Gasteiger partial charge in [-0.05, 0) is 152 Å². The Balaban J connectivity index is 0.947. The van der Waals surface area contributed by atoms with Gasteiger partial charge in [0, 0.05) is 69.0 Å². The summed E-state index contributed by atoms with van der Waals surface area (Å²) in [5, 5.41) is 99.2. The molecule has 0 radical (unpaired) electrons. The third-order valence-corrected chi connectivity index (χ3v) is 25.6. The van der Waals surface area contributed by atoms with Gasteiger partial charge in [0.15, 0.2) is 0 Å². The zero-order valence-electron chi connectivity index (χ0n) is 85.2. The van der Waals surface area contributed by atoms with Crippen LogP contribution in [0.15, 0.2) is 122 Å². The van der Waals surface area contributed by atoms with Crippen LogP contribution in [0.2, 0.25) is 0 Å². The molecule has 48 nitrogen and oxygen atoms in total. The Morgan fingerprint density at radius 2 is 0.745 bits per heavy atom. The molecule has 8 rings (SSSR count). The molecular formula is C101H141N23O25. The van der Waals surface area contributed by atoms with E-state index in [1.165, 1.54) is 127 Å². The molecule has 0 unspecified atom stereocenters. The molecule has 6 aromatic rings. The standard InChI is InChI=1S/C101H141N23O25/c1-12-55(9)84(97(144)107-47-81(131)106-48-82(132)120-83(54(7)8)101(148)149)121-94(141)77(49-125)119-95(142)78-16-14-34-123(78)99(146)75(37-53(5)6)117-91(138)70(39-59-20-28-65(127)29-21-59)111-86(133)57(11)110-88(135)72(42-62-45-104-50-108-62)113-92(139)73(43-63-46-105-51-109-63)114-89(136)69(36-52(3)4)116-98(145)85(56(10)13-2)122-96(143)79-17-15-35-124(79)100(147)76(41-61-24-32-67(129)33-25-61)118-93(140)74(44-80(103)130)115-90(137)71(40-60-22-30-66(128)31-23-60)112-87(134)68(102)38-58-18-26-64(126)27-19-58/h18-33,45-46,50-57,68-79,83-85,125-129H,12-17,34-44,47-49,102H2,1-11H3,(H2,103,130)(H,104,108)(H,105,109)(H,106,131)(H,107,144)(H,110,135)(H,111,133)(H,112,134)(H,113,139)(H,114,136)(H,115,137)(H,116,145)(H,117,138)(H,118,140)(H,119,142)(H,120,132)(H,121,141)(H,122,143)(H,148,149)/t55-,56-,57-,68+,69-,70-,71-,72-,73-,74-,75-,76-,77-,78-,79-,83-,84-,85+/m0/s1. The Hall–Kier alpha value is -15.7. The number of hydrogen-bond acceptors (Lipinski definition) is 27. The smallest absolute Gasteiger partial charge is 0.326 e. The fraction of sp³-hybridized carbons (Fsp3) is 0.515. The number of aromatic hydroxyl groups is 4. The van der Waals surface area contributed by atoms with E-state index in [0.29, 0.717) is 40.1 Å². The normalized spacial score (nSPS) is 16.6. The minimum absolute atomic E-state index is 0.0214. The van der Waals surface area contributed by atoms with Crippen molar-refractivity contribution >= 4 is 112 Å². The van der Waals surface area contributed by atoms with Crippen molar-refractivity contribution in [3.63, 3.8) is 0 Å². The Morgan fingerprint density at radius 1 is 0.383 bits per heavy atom. The van der Waals surface area contributed by atoms with Gasteiger partial charge in [0.05, 0.1) is 44.8 Å². The lowest BCUT2D eigenvalue weighted by atomic mass is 9.96. The number of nitrogens with one attached hydrogen (secondary N) is 17. The Morgan fingerprint density at radius 3 is 1.17 bits per heavy atom. The van der Waals surface area contributed by atoms with Crippen molar-refractivity contribution in [3.05, 3.63) is 156 Å². The highest BCUT2D eigenvalue weighted by Crippen LogP contribution is 2.27. The SMILES string of the molecule is CC[C@H](C)[C@H](NC(=O)[C@H](CO)NC(=O)[C@@H]1CCCN1C(=O)[C@H](CC(C)C)NC(=O)[C@H](Cc1ccc(O)cc1)NC(=O)[C@H](C)NC(=O)[C@H](Cc1cnc[nH]1)NC(=O)[C@H](Cc1cnc[nH]1)NC(=O)[C@H](CC(C)C)NC(=O)[C@H](NC(=O)[C@@H]1CCCN1C(=O)[C@H](Cc1ccc(O)cc1)NC(=O)[C@H](CC(N)=O)NC(=O)[C@H](Cc1ccc(O)cc1)NC(=O)[C@H](N)Cc1ccc(O)cc1)[C@@H](C)CC)C(=O)NCC(=O)NCC(=O)N[C@H](C(=O)O)C(C)C. The monoisotopic (exact) mass is 2080 g/mol. The van der Waals surface area contributed by atoms with Gasteiger partial charge in [-0.2, -0.15) is 0 Å². The van der Waals surface area contributed by atoms with Crippen LogP contribution in [-0.4, -0.2) is 302 Å². The summed E-state index contributed by atoms with van der Waals surface area (Å²) in [5.74, 6) is -20.5. The van der Waals surface area contributed by atoms with Gasteiger partial charge in [-0.15, -0.1) is 0 Å². The van der Waals surface area contributed by atoms with Crippen molar-refractivity contribution in [1.29, 1.82) is 0 Å². The van der Waals surface area contributed by atoms with Gasteiger partial charge in [-0.3, -0.25) is 86.3 Å². The van der Waals surface area contributed by atoms with Crippen LogP contribution in [0.5, 0.6) is 23.0 Å². The van der Waals surface area contributed by atoms with Crippen molar-refractivity contribution in [2.75, 3.05) is 32.8 Å².